The minimum absolute atomic E-state index is 0.435. The Hall–Kier alpha value is -0.340. The molecule has 1 aromatic carbocycles. The lowest BCUT2D eigenvalue weighted by Gasteiger charge is -2.18. The van der Waals surface area contributed by atoms with Crippen LogP contribution in [0.1, 0.15) is 32.3 Å². The van der Waals surface area contributed by atoms with E-state index in [2.05, 4.69) is 59.4 Å². The fourth-order valence-electron chi connectivity index (χ4n) is 1.92. The van der Waals surface area contributed by atoms with E-state index in [-0.39, 0.29) is 0 Å². The van der Waals surface area contributed by atoms with Gasteiger partial charge in [-0.15, -0.1) is 0 Å². The standard InChI is InChI=1S/C13H18BrN/c1-10(2)15-9-13(7-8-13)11-3-5-12(14)6-4-11/h3-6,10,15H,7-9H2,1-2H3. The van der Waals surface area contributed by atoms with Gasteiger partial charge in [0, 0.05) is 22.5 Å². The van der Waals surface area contributed by atoms with Gasteiger partial charge in [0.15, 0.2) is 0 Å². The van der Waals surface area contributed by atoms with Gasteiger partial charge in [0.1, 0.15) is 0 Å². The summed E-state index contributed by atoms with van der Waals surface area (Å²) in [6, 6.07) is 9.37. The molecule has 1 saturated carbocycles. The third-order valence-corrected chi connectivity index (χ3v) is 3.69. The molecule has 0 aliphatic heterocycles. The monoisotopic (exact) mass is 267 g/mol. The highest BCUT2D eigenvalue weighted by Gasteiger charge is 2.43. The molecule has 1 aliphatic carbocycles. The van der Waals surface area contributed by atoms with Crippen molar-refractivity contribution in [2.75, 3.05) is 6.54 Å². The SMILES string of the molecule is CC(C)NCC1(c2ccc(Br)cc2)CC1. The number of benzene rings is 1. The molecule has 0 bridgehead atoms. The molecule has 2 rings (SSSR count). The molecular weight excluding hydrogens is 250 g/mol. The van der Waals surface area contributed by atoms with E-state index in [1.165, 1.54) is 22.9 Å². The Morgan fingerprint density at radius 3 is 2.33 bits per heavy atom. The van der Waals surface area contributed by atoms with Crippen LogP contribution < -0.4 is 5.32 Å². The second-order valence-corrected chi connectivity index (χ2v) is 5.74. The van der Waals surface area contributed by atoms with Crippen LogP contribution in [0.2, 0.25) is 0 Å². The van der Waals surface area contributed by atoms with Crippen molar-refractivity contribution in [2.24, 2.45) is 0 Å². The minimum Gasteiger partial charge on any atom is -0.314 e. The molecule has 1 N–H and O–H groups in total. The second kappa shape index (κ2) is 4.26. The quantitative estimate of drug-likeness (QED) is 0.881. The number of halogens is 1. The van der Waals surface area contributed by atoms with Crippen LogP contribution in [-0.4, -0.2) is 12.6 Å². The lowest BCUT2D eigenvalue weighted by Crippen LogP contribution is -2.31. The van der Waals surface area contributed by atoms with Crippen LogP contribution in [0.5, 0.6) is 0 Å². The molecule has 1 aromatic rings. The zero-order valence-corrected chi connectivity index (χ0v) is 11.0. The summed E-state index contributed by atoms with van der Waals surface area (Å²) in [5.74, 6) is 0. The van der Waals surface area contributed by atoms with Gasteiger partial charge in [0.2, 0.25) is 0 Å². The maximum absolute atomic E-state index is 3.55. The van der Waals surface area contributed by atoms with Crippen LogP contribution in [0.15, 0.2) is 28.7 Å². The van der Waals surface area contributed by atoms with Crippen LogP contribution in [0.3, 0.4) is 0 Å². The summed E-state index contributed by atoms with van der Waals surface area (Å²) in [5.41, 5.74) is 1.92. The van der Waals surface area contributed by atoms with E-state index in [9.17, 15) is 0 Å². The average Bonchev–Trinajstić information content (AvgIpc) is 2.97. The van der Waals surface area contributed by atoms with Gasteiger partial charge in [-0.2, -0.15) is 0 Å². The van der Waals surface area contributed by atoms with Crippen molar-refractivity contribution in [2.45, 2.75) is 38.1 Å². The Morgan fingerprint density at radius 1 is 1.27 bits per heavy atom. The average molecular weight is 268 g/mol. The molecule has 0 saturated heterocycles. The number of hydrogen-bond donors (Lipinski definition) is 1. The number of rotatable bonds is 4. The fourth-order valence-corrected chi connectivity index (χ4v) is 2.19. The van der Waals surface area contributed by atoms with Gasteiger partial charge in [-0.1, -0.05) is 41.9 Å². The van der Waals surface area contributed by atoms with E-state index in [1.807, 2.05) is 0 Å². The molecule has 0 spiro atoms. The van der Waals surface area contributed by atoms with Gasteiger partial charge in [0.05, 0.1) is 0 Å². The molecule has 0 aromatic heterocycles. The Kier molecular flexibility index (Phi) is 3.17. The van der Waals surface area contributed by atoms with Gasteiger partial charge >= 0.3 is 0 Å². The predicted molar refractivity (Wildman–Crippen MR) is 68.2 cm³/mol. The highest BCUT2D eigenvalue weighted by atomic mass is 79.9. The van der Waals surface area contributed by atoms with Crippen molar-refractivity contribution in [1.82, 2.24) is 5.32 Å². The van der Waals surface area contributed by atoms with E-state index < -0.39 is 0 Å². The maximum atomic E-state index is 3.55. The van der Waals surface area contributed by atoms with Crippen LogP contribution in [0.4, 0.5) is 0 Å². The number of nitrogens with one attached hydrogen (secondary N) is 1. The third-order valence-electron chi connectivity index (χ3n) is 3.16. The Balaban J connectivity index is 2.06. The lowest BCUT2D eigenvalue weighted by atomic mass is 9.96. The zero-order chi connectivity index (χ0) is 10.9. The normalized spacial score (nSPS) is 18.1. The molecule has 1 aliphatic rings. The molecule has 1 fully saturated rings. The molecule has 15 heavy (non-hydrogen) atoms. The summed E-state index contributed by atoms with van der Waals surface area (Å²) in [7, 11) is 0. The first-order valence-electron chi connectivity index (χ1n) is 5.62. The fraction of sp³-hybridized carbons (Fsp3) is 0.538. The molecule has 0 radical (unpaired) electrons. The van der Waals surface area contributed by atoms with Crippen LogP contribution in [0.25, 0.3) is 0 Å². The van der Waals surface area contributed by atoms with Crippen LogP contribution in [-0.2, 0) is 5.41 Å². The zero-order valence-electron chi connectivity index (χ0n) is 9.39. The third kappa shape index (κ3) is 2.61. The Morgan fingerprint density at radius 2 is 1.87 bits per heavy atom. The minimum atomic E-state index is 0.435. The Bertz CT molecular complexity index is 325. The molecular formula is C13H18BrN. The van der Waals surface area contributed by atoms with E-state index in [1.54, 1.807) is 0 Å². The van der Waals surface area contributed by atoms with Crippen molar-refractivity contribution in [1.29, 1.82) is 0 Å². The van der Waals surface area contributed by atoms with Crippen molar-refractivity contribution >= 4 is 15.9 Å². The van der Waals surface area contributed by atoms with E-state index in [4.69, 9.17) is 0 Å². The first-order valence-corrected chi connectivity index (χ1v) is 6.41. The van der Waals surface area contributed by atoms with Gasteiger partial charge in [-0.3, -0.25) is 0 Å². The van der Waals surface area contributed by atoms with Crippen molar-refractivity contribution < 1.29 is 0 Å². The summed E-state index contributed by atoms with van der Waals surface area (Å²) in [6.45, 7) is 5.53. The van der Waals surface area contributed by atoms with Crippen molar-refractivity contribution in [3.8, 4) is 0 Å². The largest absolute Gasteiger partial charge is 0.314 e. The van der Waals surface area contributed by atoms with Gasteiger partial charge < -0.3 is 5.32 Å². The number of hydrogen-bond acceptors (Lipinski definition) is 1. The van der Waals surface area contributed by atoms with Crippen molar-refractivity contribution in [3.63, 3.8) is 0 Å². The molecule has 0 amide bonds. The van der Waals surface area contributed by atoms with Crippen LogP contribution >= 0.6 is 15.9 Å². The molecule has 1 nitrogen and oxygen atoms in total. The van der Waals surface area contributed by atoms with E-state index >= 15 is 0 Å². The van der Waals surface area contributed by atoms with Crippen LogP contribution in [0, 0.1) is 0 Å². The molecule has 0 heterocycles. The van der Waals surface area contributed by atoms with E-state index in [0.717, 1.165) is 6.54 Å². The maximum Gasteiger partial charge on any atom is 0.0175 e. The summed E-state index contributed by atoms with van der Waals surface area (Å²) in [6.07, 6.45) is 2.66. The van der Waals surface area contributed by atoms with E-state index in [0.29, 0.717) is 11.5 Å². The molecule has 0 unspecified atom stereocenters. The lowest BCUT2D eigenvalue weighted by molar-refractivity contribution is 0.520. The molecule has 0 atom stereocenters. The smallest absolute Gasteiger partial charge is 0.0175 e. The summed E-state index contributed by atoms with van der Waals surface area (Å²) >= 11 is 3.48. The first kappa shape index (κ1) is 11.2. The van der Waals surface area contributed by atoms with Gasteiger partial charge in [0.25, 0.3) is 0 Å². The summed E-state index contributed by atoms with van der Waals surface area (Å²) in [5, 5.41) is 3.55. The van der Waals surface area contributed by atoms with Gasteiger partial charge in [-0.25, -0.2) is 0 Å². The van der Waals surface area contributed by atoms with Crippen molar-refractivity contribution in [3.05, 3.63) is 34.3 Å². The topological polar surface area (TPSA) is 12.0 Å². The van der Waals surface area contributed by atoms with Gasteiger partial charge in [-0.05, 0) is 30.5 Å². The second-order valence-electron chi connectivity index (χ2n) is 4.82. The summed E-state index contributed by atoms with van der Waals surface area (Å²) in [4.78, 5) is 0. The Labute approximate surface area is 100 Å². The molecule has 82 valence electrons. The highest BCUT2D eigenvalue weighted by Crippen LogP contribution is 2.47. The summed E-state index contributed by atoms with van der Waals surface area (Å²) < 4.78 is 1.17. The first-order chi connectivity index (χ1) is 7.12. The highest BCUT2D eigenvalue weighted by molar-refractivity contribution is 9.10. The predicted octanol–water partition coefficient (Wildman–Crippen LogP) is 3.48. The molecule has 2 heteroatoms.